The Morgan fingerprint density at radius 3 is 2.67 bits per heavy atom. The number of likely N-dealkylation sites (tertiary alicyclic amines) is 1. The molecule has 4 aliphatic rings. The third-order valence-corrected chi connectivity index (χ3v) is 5.82. The van der Waals surface area contributed by atoms with Crippen molar-refractivity contribution in [2.24, 2.45) is 5.92 Å². The SMILES string of the molecule is CN1C[C@@H]2COCCN2C2(C1)CN(CC1CCOCC1)C2. The van der Waals surface area contributed by atoms with Crippen LogP contribution in [0.3, 0.4) is 0 Å². The Kier molecular flexibility index (Phi) is 3.96. The van der Waals surface area contributed by atoms with Gasteiger partial charge in [0.15, 0.2) is 0 Å². The highest BCUT2D eigenvalue weighted by Crippen LogP contribution is 2.36. The van der Waals surface area contributed by atoms with Crippen LogP contribution in [0.15, 0.2) is 0 Å². The standard InChI is InChI=1S/C16H29N3O2/c1-17-9-15-10-21-7-4-19(15)16(11-17)12-18(13-16)8-14-2-5-20-6-3-14/h14-15H,2-13H2,1H3/t15-/m1/s1. The highest BCUT2D eigenvalue weighted by Gasteiger charge is 2.53. The third-order valence-electron chi connectivity index (χ3n) is 5.82. The molecule has 0 saturated carbocycles. The minimum absolute atomic E-state index is 0.409. The van der Waals surface area contributed by atoms with Gasteiger partial charge >= 0.3 is 0 Å². The van der Waals surface area contributed by atoms with Gasteiger partial charge in [0.1, 0.15) is 0 Å². The van der Waals surface area contributed by atoms with Crippen molar-refractivity contribution in [3.05, 3.63) is 0 Å². The molecule has 5 heteroatoms. The van der Waals surface area contributed by atoms with Gasteiger partial charge in [-0.25, -0.2) is 0 Å². The van der Waals surface area contributed by atoms with Crippen molar-refractivity contribution >= 4 is 0 Å². The fourth-order valence-electron chi connectivity index (χ4n) is 4.94. The smallest absolute Gasteiger partial charge is 0.0635 e. The molecule has 0 aliphatic carbocycles. The maximum Gasteiger partial charge on any atom is 0.0635 e. The number of rotatable bonds is 2. The van der Waals surface area contributed by atoms with Gasteiger partial charge in [-0.2, -0.15) is 0 Å². The Labute approximate surface area is 128 Å². The topological polar surface area (TPSA) is 28.2 Å². The summed E-state index contributed by atoms with van der Waals surface area (Å²) in [6.07, 6.45) is 2.51. The quantitative estimate of drug-likeness (QED) is 0.721. The van der Waals surface area contributed by atoms with Crippen LogP contribution >= 0.6 is 0 Å². The van der Waals surface area contributed by atoms with E-state index < -0.39 is 0 Å². The first-order valence-electron chi connectivity index (χ1n) is 8.58. The van der Waals surface area contributed by atoms with Crippen LogP contribution in [0.25, 0.3) is 0 Å². The van der Waals surface area contributed by atoms with Gasteiger partial charge in [0.2, 0.25) is 0 Å². The van der Waals surface area contributed by atoms with E-state index in [4.69, 9.17) is 9.47 Å². The van der Waals surface area contributed by atoms with Crippen molar-refractivity contribution in [1.82, 2.24) is 14.7 Å². The molecule has 0 unspecified atom stereocenters. The van der Waals surface area contributed by atoms with Gasteiger partial charge in [0.05, 0.1) is 18.8 Å². The molecule has 5 nitrogen and oxygen atoms in total. The van der Waals surface area contributed by atoms with Crippen LogP contribution in [0.5, 0.6) is 0 Å². The van der Waals surface area contributed by atoms with E-state index in [0.717, 1.165) is 38.9 Å². The second-order valence-electron chi connectivity index (χ2n) is 7.57. The highest BCUT2D eigenvalue weighted by atomic mass is 16.5. The van der Waals surface area contributed by atoms with Crippen LogP contribution in [0.1, 0.15) is 12.8 Å². The highest BCUT2D eigenvalue weighted by molar-refractivity contribution is 5.11. The Morgan fingerprint density at radius 2 is 1.86 bits per heavy atom. The Bertz CT molecular complexity index is 367. The summed E-state index contributed by atoms with van der Waals surface area (Å²) in [6, 6.07) is 0.614. The van der Waals surface area contributed by atoms with E-state index in [2.05, 4.69) is 21.7 Å². The third kappa shape index (κ3) is 2.75. The van der Waals surface area contributed by atoms with Crippen LogP contribution in [0.2, 0.25) is 0 Å². The molecular weight excluding hydrogens is 266 g/mol. The number of hydrogen-bond acceptors (Lipinski definition) is 5. The van der Waals surface area contributed by atoms with E-state index in [0.29, 0.717) is 11.6 Å². The second kappa shape index (κ2) is 5.78. The van der Waals surface area contributed by atoms with Crippen molar-refractivity contribution in [3.8, 4) is 0 Å². The average molecular weight is 295 g/mol. The Balaban J connectivity index is 1.36. The van der Waals surface area contributed by atoms with E-state index >= 15 is 0 Å². The predicted octanol–water partition coefficient (Wildman–Crippen LogP) is 0.114. The van der Waals surface area contributed by atoms with E-state index in [-0.39, 0.29) is 0 Å². The molecular formula is C16H29N3O2. The molecule has 1 atom stereocenters. The lowest BCUT2D eigenvalue weighted by Gasteiger charge is -2.63. The fourth-order valence-corrected chi connectivity index (χ4v) is 4.94. The molecule has 4 fully saturated rings. The molecule has 0 radical (unpaired) electrons. The van der Waals surface area contributed by atoms with E-state index in [1.54, 1.807) is 0 Å². The summed E-state index contributed by atoms with van der Waals surface area (Å²) in [6.45, 7) is 11.1. The first-order chi connectivity index (χ1) is 10.3. The summed E-state index contributed by atoms with van der Waals surface area (Å²) in [7, 11) is 2.27. The molecule has 0 aromatic carbocycles. The molecule has 0 amide bonds. The largest absolute Gasteiger partial charge is 0.381 e. The number of ether oxygens (including phenoxy) is 2. The molecule has 0 N–H and O–H groups in total. The van der Waals surface area contributed by atoms with Gasteiger partial charge in [0.25, 0.3) is 0 Å². The van der Waals surface area contributed by atoms with E-state index in [1.807, 2.05) is 0 Å². The van der Waals surface area contributed by atoms with Crippen molar-refractivity contribution in [2.75, 3.05) is 72.7 Å². The number of likely N-dealkylation sites (N-methyl/N-ethyl adjacent to an activating group) is 1. The molecule has 1 spiro atoms. The maximum atomic E-state index is 5.70. The van der Waals surface area contributed by atoms with Gasteiger partial charge in [-0.3, -0.25) is 9.80 Å². The zero-order valence-corrected chi connectivity index (χ0v) is 13.3. The zero-order valence-electron chi connectivity index (χ0n) is 13.3. The Morgan fingerprint density at radius 1 is 1.05 bits per heavy atom. The number of piperazine rings is 1. The molecule has 0 bridgehead atoms. The molecule has 4 saturated heterocycles. The second-order valence-corrected chi connectivity index (χ2v) is 7.57. The maximum absolute atomic E-state index is 5.70. The predicted molar refractivity (Wildman–Crippen MR) is 81.5 cm³/mol. The van der Waals surface area contributed by atoms with Crippen molar-refractivity contribution in [3.63, 3.8) is 0 Å². The molecule has 0 aromatic rings. The monoisotopic (exact) mass is 295 g/mol. The summed E-state index contributed by atoms with van der Waals surface area (Å²) in [4.78, 5) is 7.97. The summed E-state index contributed by atoms with van der Waals surface area (Å²) < 4.78 is 11.2. The van der Waals surface area contributed by atoms with Gasteiger partial charge < -0.3 is 14.4 Å². The van der Waals surface area contributed by atoms with Gasteiger partial charge in [-0.1, -0.05) is 0 Å². The summed E-state index contributed by atoms with van der Waals surface area (Å²) in [5.74, 6) is 0.859. The fraction of sp³-hybridized carbons (Fsp3) is 1.00. The van der Waals surface area contributed by atoms with Crippen molar-refractivity contribution < 1.29 is 9.47 Å². The summed E-state index contributed by atoms with van der Waals surface area (Å²) in [5, 5.41) is 0. The van der Waals surface area contributed by atoms with Crippen LogP contribution in [0.4, 0.5) is 0 Å². The van der Waals surface area contributed by atoms with Crippen LogP contribution in [0, 0.1) is 5.92 Å². The molecule has 4 heterocycles. The van der Waals surface area contributed by atoms with Crippen molar-refractivity contribution in [2.45, 2.75) is 24.4 Å². The van der Waals surface area contributed by atoms with E-state index in [1.165, 1.54) is 45.6 Å². The normalized spacial score (nSPS) is 35.6. The molecule has 4 rings (SSSR count). The van der Waals surface area contributed by atoms with Gasteiger partial charge in [0, 0.05) is 58.5 Å². The number of fused-ring (bicyclic) bond motifs is 2. The first kappa shape index (κ1) is 14.4. The average Bonchev–Trinajstić information content (AvgIpc) is 2.46. The molecule has 21 heavy (non-hydrogen) atoms. The summed E-state index contributed by atoms with van der Waals surface area (Å²) in [5.41, 5.74) is 0.409. The number of hydrogen-bond donors (Lipinski definition) is 0. The van der Waals surface area contributed by atoms with Gasteiger partial charge in [-0.05, 0) is 25.8 Å². The molecule has 0 aromatic heterocycles. The van der Waals surface area contributed by atoms with Crippen LogP contribution < -0.4 is 0 Å². The van der Waals surface area contributed by atoms with Gasteiger partial charge in [-0.15, -0.1) is 0 Å². The molecule has 120 valence electrons. The minimum Gasteiger partial charge on any atom is -0.381 e. The Hall–Kier alpha value is -0.200. The lowest BCUT2D eigenvalue weighted by atomic mass is 9.81. The lowest BCUT2D eigenvalue weighted by Crippen LogP contribution is -2.80. The minimum atomic E-state index is 0.409. The number of morpholine rings is 1. The zero-order chi connectivity index (χ0) is 14.3. The van der Waals surface area contributed by atoms with Crippen molar-refractivity contribution in [1.29, 1.82) is 0 Å². The van der Waals surface area contributed by atoms with Crippen LogP contribution in [-0.2, 0) is 9.47 Å². The van der Waals surface area contributed by atoms with Crippen LogP contribution in [-0.4, -0.2) is 99.0 Å². The number of nitrogens with zero attached hydrogens (tertiary/aromatic N) is 3. The molecule has 4 aliphatic heterocycles. The summed E-state index contributed by atoms with van der Waals surface area (Å²) >= 11 is 0. The van der Waals surface area contributed by atoms with E-state index in [9.17, 15) is 0 Å². The lowest BCUT2D eigenvalue weighted by molar-refractivity contribution is -0.164. The first-order valence-corrected chi connectivity index (χ1v) is 8.58.